The quantitative estimate of drug-likeness (QED) is 0.160. The van der Waals surface area contributed by atoms with Crippen LogP contribution in [0.3, 0.4) is 0 Å². The van der Waals surface area contributed by atoms with Crippen molar-refractivity contribution >= 4 is 45.1 Å². The minimum atomic E-state index is -0.412. The van der Waals surface area contributed by atoms with Gasteiger partial charge in [0.25, 0.3) is 5.69 Å². The van der Waals surface area contributed by atoms with Crippen molar-refractivity contribution in [3.63, 3.8) is 0 Å². The van der Waals surface area contributed by atoms with Gasteiger partial charge in [-0.3, -0.25) is 10.1 Å². The van der Waals surface area contributed by atoms with Crippen LogP contribution in [-0.4, -0.2) is 9.91 Å². The Morgan fingerprint density at radius 2 is 2.10 bits per heavy atom. The second-order valence-corrected chi connectivity index (χ2v) is 8.45. The highest BCUT2D eigenvalue weighted by atomic mass is 32.2. The predicted octanol–water partition coefficient (Wildman–Crippen LogP) is 6.43. The summed E-state index contributed by atoms with van der Waals surface area (Å²) in [7, 11) is 0. The standard InChI is InChI=1S/C21H13N3O3S2/c1-13-6-7-14(10-18(13)24(25)26)19-9-8-15(27-19)11-16(12-22)28-21-23-17-4-2-3-5-20(17)29-21/h2-11H,1H3/b16-11+. The van der Waals surface area contributed by atoms with Crippen molar-refractivity contribution in [1.82, 2.24) is 4.98 Å². The van der Waals surface area contributed by atoms with Crippen LogP contribution in [0.4, 0.5) is 5.69 Å². The average molecular weight is 419 g/mol. The minimum absolute atomic E-state index is 0.0418. The van der Waals surface area contributed by atoms with Gasteiger partial charge in [0.05, 0.1) is 20.0 Å². The summed E-state index contributed by atoms with van der Waals surface area (Å²) in [6.45, 7) is 1.69. The molecule has 0 fully saturated rings. The lowest BCUT2D eigenvalue weighted by Crippen LogP contribution is -1.91. The Balaban J connectivity index is 1.59. The van der Waals surface area contributed by atoms with Crippen LogP contribution in [0.5, 0.6) is 0 Å². The van der Waals surface area contributed by atoms with Crippen molar-refractivity contribution in [3.05, 3.63) is 80.9 Å². The summed E-state index contributed by atoms with van der Waals surface area (Å²) in [4.78, 5) is 15.7. The Bertz CT molecular complexity index is 1260. The van der Waals surface area contributed by atoms with E-state index in [0.717, 1.165) is 14.6 Å². The third-order valence-corrected chi connectivity index (χ3v) is 6.20. The minimum Gasteiger partial charge on any atom is -0.457 e. The number of nitro groups is 1. The SMILES string of the molecule is Cc1ccc(-c2ccc(/C=C(\C#N)Sc3nc4ccccc4s3)o2)cc1[N+](=O)[O-]. The Morgan fingerprint density at radius 3 is 2.86 bits per heavy atom. The first kappa shape index (κ1) is 18.9. The van der Waals surface area contributed by atoms with Crippen LogP contribution in [0.25, 0.3) is 27.6 Å². The fourth-order valence-corrected chi connectivity index (χ4v) is 4.70. The largest absolute Gasteiger partial charge is 0.457 e. The second kappa shape index (κ2) is 7.91. The molecule has 2 heterocycles. The fourth-order valence-electron chi connectivity index (χ4n) is 2.75. The molecule has 0 atom stereocenters. The van der Waals surface area contributed by atoms with Crippen LogP contribution in [0.2, 0.25) is 0 Å². The molecule has 0 saturated carbocycles. The molecule has 0 aliphatic rings. The number of allylic oxidation sites excluding steroid dienone is 1. The zero-order chi connectivity index (χ0) is 20.4. The molecular formula is C21H13N3O3S2. The van der Waals surface area contributed by atoms with Gasteiger partial charge >= 0.3 is 0 Å². The summed E-state index contributed by atoms with van der Waals surface area (Å²) in [6, 6.07) is 18.4. The van der Waals surface area contributed by atoms with E-state index < -0.39 is 4.92 Å². The first-order valence-corrected chi connectivity index (χ1v) is 10.2. The number of aryl methyl sites for hydroxylation is 1. The maximum atomic E-state index is 11.2. The molecule has 0 bridgehead atoms. The highest BCUT2D eigenvalue weighted by Gasteiger charge is 2.14. The number of nitriles is 1. The monoisotopic (exact) mass is 419 g/mol. The van der Waals surface area contributed by atoms with Crippen molar-refractivity contribution < 1.29 is 9.34 Å². The number of furan rings is 1. The maximum Gasteiger partial charge on any atom is 0.273 e. The van der Waals surface area contributed by atoms with Gasteiger partial charge in [0.2, 0.25) is 0 Å². The number of nitrogens with zero attached hydrogens (tertiary/aromatic N) is 3. The zero-order valence-electron chi connectivity index (χ0n) is 15.2. The normalized spacial score (nSPS) is 11.5. The Labute approximate surface area is 174 Å². The lowest BCUT2D eigenvalue weighted by Gasteiger charge is -2.00. The molecule has 2 aromatic heterocycles. The van der Waals surface area contributed by atoms with Crippen molar-refractivity contribution in [3.8, 4) is 17.4 Å². The summed E-state index contributed by atoms with van der Waals surface area (Å²) in [6.07, 6.45) is 1.64. The summed E-state index contributed by atoms with van der Waals surface area (Å²) in [5, 5.41) is 20.7. The number of rotatable bonds is 5. The highest BCUT2D eigenvalue weighted by Crippen LogP contribution is 2.35. The van der Waals surface area contributed by atoms with Gasteiger partial charge in [0.1, 0.15) is 17.6 Å². The summed E-state index contributed by atoms with van der Waals surface area (Å²) >= 11 is 2.81. The van der Waals surface area contributed by atoms with E-state index in [4.69, 9.17) is 4.42 Å². The van der Waals surface area contributed by atoms with Crippen molar-refractivity contribution in [2.45, 2.75) is 11.3 Å². The van der Waals surface area contributed by atoms with E-state index in [0.29, 0.717) is 27.6 Å². The van der Waals surface area contributed by atoms with Gasteiger partial charge in [-0.1, -0.05) is 24.3 Å². The molecule has 0 N–H and O–H groups in total. The number of nitro benzene ring substituents is 1. The fraction of sp³-hybridized carbons (Fsp3) is 0.0476. The van der Waals surface area contributed by atoms with E-state index in [9.17, 15) is 15.4 Å². The van der Waals surface area contributed by atoms with E-state index in [-0.39, 0.29) is 5.69 Å². The number of benzene rings is 2. The Kier molecular flexibility index (Phi) is 5.16. The van der Waals surface area contributed by atoms with E-state index in [1.54, 1.807) is 37.3 Å². The smallest absolute Gasteiger partial charge is 0.273 e. The van der Waals surface area contributed by atoms with Gasteiger partial charge in [0, 0.05) is 23.3 Å². The molecule has 6 nitrogen and oxygen atoms in total. The van der Waals surface area contributed by atoms with Gasteiger partial charge in [-0.25, -0.2) is 4.98 Å². The number of thiazole rings is 1. The molecule has 0 spiro atoms. The maximum absolute atomic E-state index is 11.2. The molecule has 29 heavy (non-hydrogen) atoms. The van der Waals surface area contributed by atoms with E-state index in [1.807, 2.05) is 24.3 Å². The van der Waals surface area contributed by atoms with Gasteiger partial charge in [-0.05, 0) is 43.0 Å². The first-order chi connectivity index (χ1) is 14.0. The molecule has 8 heteroatoms. The van der Waals surface area contributed by atoms with Gasteiger partial charge < -0.3 is 4.42 Å². The van der Waals surface area contributed by atoms with Crippen molar-refractivity contribution in [2.75, 3.05) is 0 Å². The zero-order valence-corrected chi connectivity index (χ0v) is 16.8. The van der Waals surface area contributed by atoms with E-state index >= 15 is 0 Å². The van der Waals surface area contributed by atoms with Crippen LogP contribution in [0.1, 0.15) is 11.3 Å². The van der Waals surface area contributed by atoms with Gasteiger partial charge in [-0.15, -0.1) is 11.3 Å². The van der Waals surface area contributed by atoms with Crippen molar-refractivity contribution in [1.29, 1.82) is 5.26 Å². The summed E-state index contributed by atoms with van der Waals surface area (Å²) in [5.41, 5.74) is 2.14. The molecular weight excluding hydrogens is 406 g/mol. The van der Waals surface area contributed by atoms with Gasteiger partial charge in [0.15, 0.2) is 4.34 Å². The third kappa shape index (κ3) is 4.06. The molecule has 0 saturated heterocycles. The molecule has 0 radical (unpaired) electrons. The van der Waals surface area contributed by atoms with Crippen molar-refractivity contribution in [2.24, 2.45) is 0 Å². The molecule has 0 aliphatic carbocycles. The van der Waals surface area contributed by atoms with Crippen LogP contribution in [0, 0.1) is 28.4 Å². The van der Waals surface area contributed by atoms with E-state index in [1.165, 1.54) is 29.2 Å². The summed E-state index contributed by atoms with van der Waals surface area (Å²) < 4.78 is 7.63. The topological polar surface area (TPSA) is 93.0 Å². The molecule has 4 aromatic rings. The number of thioether (sulfide) groups is 1. The predicted molar refractivity (Wildman–Crippen MR) is 115 cm³/mol. The summed E-state index contributed by atoms with van der Waals surface area (Å²) in [5.74, 6) is 0.995. The molecule has 0 amide bonds. The molecule has 2 aromatic carbocycles. The van der Waals surface area contributed by atoms with Crippen LogP contribution in [0.15, 0.2) is 68.3 Å². The lowest BCUT2D eigenvalue weighted by molar-refractivity contribution is -0.385. The molecule has 4 rings (SSSR count). The lowest BCUT2D eigenvalue weighted by atomic mass is 10.1. The molecule has 0 aliphatic heterocycles. The second-order valence-electron chi connectivity index (χ2n) is 6.13. The number of para-hydroxylation sites is 1. The molecule has 0 unspecified atom stereocenters. The third-order valence-electron chi connectivity index (χ3n) is 4.17. The van der Waals surface area contributed by atoms with Crippen LogP contribution >= 0.6 is 23.1 Å². The highest BCUT2D eigenvalue weighted by molar-refractivity contribution is 8.05. The van der Waals surface area contributed by atoms with Crippen LogP contribution in [-0.2, 0) is 0 Å². The Morgan fingerprint density at radius 1 is 1.28 bits per heavy atom. The number of aromatic nitrogens is 1. The van der Waals surface area contributed by atoms with Gasteiger partial charge in [-0.2, -0.15) is 5.26 Å². The van der Waals surface area contributed by atoms with E-state index in [2.05, 4.69) is 11.1 Å². The average Bonchev–Trinajstić information content (AvgIpc) is 3.34. The van der Waals surface area contributed by atoms with Crippen LogP contribution < -0.4 is 0 Å². The first-order valence-electron chi connectivity index (χ1n) is 8.54. The number of hydrogen-bond acceptors (Lipinski definition) is 7. The molecule has 142 valence electrons. The number of hydrogen-bond donors (Lipinski definition) is 0. The number of fused-ring (bicyclic) bond motifs is 1. The Hall–Kier alpha value is -3.41.